The first-order valence-corrected chi connectivity index (χ1v) is 5.91. The van der Waals surface area contributed by atoms with Gasteiger partial charge in [-0.25, -0.2) is 0 Å². The molecule has 2 aromatic rings. The van der Waals surface area contributed by atoms with Gasteiger partial charge in [0, 0.05) is 18.9 Å². The fraction of sp³-hybridized carbons (Fsp3) is 0.167. The highest BCUT2D eigenvalue weighted by atomic mass is 35.5. The Kier molecular flexibility index (Phi) is 3.62. The lowest BCUT2D eigenvalue weighted by atomic mass is 10.3. The molecule has 5 heteroatoms. The number of rotatable bonds is 1. The van der Waals surface area contributed by atoms with Crippen LogP contribution in [0.25, 0.3) is 0 Å². The molecule has 17 heavy (non-hydrogen) atoms. The van der Waals surface area contributed by atoms with E-state index >= 15 is 0 Å². The average molecular weight is 264 g/mol. The van der Waals surface area contributed by atoms with Gasteiger partial charge < -0.3 is 4.98 Å². The Hall–Kier alpha value is -1.57. The molecule has 2 aromatic heterocycles. The monoisotopic (exact) mass is 263 g/mol. The van der Waals surface area contributed by atoms with Crippen LogP contribution >= 0.6 is 23.8 Å². The lowest BCUT2D eigenvalue weighted by Crippen LogP contribution is -1.91. The second kappa shape index (κ2) is 5.17. The van der Waals surface area contributed by atoms with Gasteiger partial charge in [0.1, 0.15) is 5.69 Å². The Morgan fingerprint density at radius 1 is 1.53 bits per heavy atom. The summed E-state index contributed by atoms with van der Waals surface area (Å²) in [5, 5.41) is 4.62. The molecular weight excluding hydrogens is 254 g/mol. The summed E-state index contributed by atoms with van der Waals surface area (Å²) in [4.78, 5) is 2.97. The lowest BCUT2D eigenvalue weighted by Gasteiger charge is -1.94. The summed E-state index contributed by atoms with van der Waals surface area (Å²) in [6, 6.07) is 1.73. The van der Waals surface area contributed by atoms with E-state index in [2.05, 4.69) is 21.9 Å². The summed E-state index contributed by atoms with van der Waals surface area (Å²) in [6.45, 7) is 2.85. The maximum absolute atomic E-state index is 6.03. The molecule has 0 aliphatic heterocycles. The highest BCUT2D eigenvalue weighted by molar-refractivity contribution is 7.71. The largest absolute Gasteiger partial charge is 0.354 e. The quantitative estimate of drug-likeness (QED) is 0.634. The van der Waals surface area contributed by atoms with Gasteiger partial charge in [-0.1, -0.05) is 29.7 Å². The van der Waals surface area contributed by atoms with E-state index < -0.39 is 0 Å². The fourth-order valence-electron chi connectivity index (χ4n) is 1.29. The molecule has 2 rings (SSSR count). The fourth-order valence-corrected chi connectivity index (χ4v) is 1.62. The molecule has 0 spiro atoms. The molecule has 86 valence electrons. The minimum absolute atomic E-state index is 0.484. The zero-order valence-electron chi connectivity index (χ0n) is 9.20. The molecule has 0 amide bonds. The van der Waals surface area contributed by atoms with E-state index in [1.54, 1.807) is 18.5 Å². The van der Waals surface area contributed by atoms with E-state index in [-0.39, 0.29) is 0 Å². The first kappa shape index (κ1) is 11.9. The molecule has 0 fully saturated rings. The van der Waals surface area contributed by atoms with Crippen molar-refractivity contribution in [3.63, 3.8) is 0 Å². The number of hydrogen-bond donors (Lipinski definition) is 1. The van der Waals surface area contributed by atoms with Crippen LogP contribution in [0.1, 0.15) is 18.2 Å². The number of aromatic nitrogens is 3. The molecule has 0 saturated carbocycles. The van der Waals surface area contributed by atoms with Gasteiger partial charge in [0.2, 0.25) is 0 Å². The molecule has 0 unspecified atom stereocenters. The standard InChI is InChI=1S/C12H10ClN3S/c1-2-16-8-9(7-15-16)3-4-10-12(13)11(17)5-6-14-10/h5-8H,2H2,1H3,(H,14,17). The molecule has 0 atom stereocenters. The predicted molar refractivity (Wildman–Crippen MR) is 70.5 cm³/mol. The van der Waals surface area contributed by atoms with Crippen LogP contribution in [0.15, 0.2) is 24.7 Å². The maximum atomic E-state index is 6.03. The first-order chi connectivity index (χ1) is 8.20. The number of H-pyrrole nitrogens is 1. The minimum Gasteiger partial charge on any atom is -0.354 e. The number of halogens is 1. The molecule has 3 nitrogen and oxygen atoms in total. The zero-order chi connectivity index (χ0) is 12.3. The van der Waals surface area contributed by atoms with Gasteiger partial charge >= 0.3 is 0 Å². The van der Waals surface area contributed by atoms with Crippen LogP contribution in [0.4, 0.5) is 0 Å². The van der Waals surface area contributed by atoms with Gasteiger partial charge in [0.05, 0.1) is 21.3 Å². The summed E-state index contributed by atoms with van der Waals surface area (Å²) < 4.78 is 2.41. The van der Waals surface area contributed by atoms with Crippen LogP contribution in [0, 0.1) is 16.4 Å². The zero-order valence-corrected chi connectivity index (χ0v) is 10.8. The van der Waals surface area contributed by atoms with E-state index in [0.29, 0.717) is 15.2 Å². The highest BCUT2D eigenvalue weighted by Crippen LogP contribution is 2.13. The molecular formula is C12H10ClN3S. The van der Waals surface area contributed by atoms with Gasteiger partial charge in [0.25, 0.3) is 0 Å². The van der Waals surface area contributed by atoms with Crippen molar-refractivity contribution in [3.05, 3.63) is 45.4 Å². The normalized spacial score (nSPS) is 9.76. The summed E-state index contributed by atoms with van der Waals surface area (Å²) in [5.74, 6) is 5.94. The third-order valence-corrected chi connectivity index (χ3v) is 3.03. The van der Waals surface area contributed by atoms with Crippen molar-refractivity contribution < 1.29 is 0 Å². The molecule has 0 saturated heterocycles. The van der Waals surface area contributed by atoms with Gasteiger partial charge in [-0.2, -0.15) is 5.10 Å². The van der Waals surface area contributed by atoms with Crippen molar-refractivity contribution in [1.82, 2.24) is 14.8 Å². The van der Waals surface area contributed by atoms with Crippen LogP contribution in [0.5, 0.6) is 0 Å². The smallest absolute Gasteiger partial charge is 0.110 e. The Morgan fingerprint density at radius 2 is 2.35 bits per heavy atom. The van der Waals surface area contributed by atoms with Crippen LogP contribution in [-0.4, -0.2) is 14.8 Å². The van der Waals surface area contributed by atoms with Gasteiger partial charge in [-0.05, 0) is 18.9 Å². The van der Waals surface area contributed by atoms with Gasteiger partial charge in [0.15, 0.2) is 0 Å². The Balaban J connectivity index is 2.33. The molecule has 0 radical (unpaired) electrons. The lowest BCUT2D eigenvalue weighted by molar-refractivity contribution is 0.660. The van der Waals surface area contributed by atoms with Crippen molar-refractivity contribution >= 4 is 23.8 Å². The summed E-state index contributed by atoms with van der Waals surface area (Å²) in [7, 11) is 0. The molecule has 2 heterocycles. The number of aryl methyl sites for hydroxylation is 1. The van der Waals surface area contributed by atoms with Crippen molar-refractivity contribution in [1.29, 1.82) is 0 Å². The van der Waals surface area contributed by atoms with Crippen LogP contribution < -0.4 is 0 Å². The van der Waals surface area contributed by atoms with Crippen molar-refractivity contribution in [2.75, 3.05) is 0 Å². The summed E-state index contributed by atoms with van der Waals surface area (Å²) in [6.07, 6.45) is 5.34. The summed E-state index contributed by atoms with van der Waals surface area (Å²) >= 11 is 11.1. The van der Waals surface area contributed by atoms with Crippen LogP contribution in [-0.2, 0) is 6.54 Å². The van der Waals surface area contributed by atoms with Crippen molar-refractivity contribution in [3.8, 4) is 11.8 Å². The topological polar surface area (TPSA) is 33.6 Å². The number of hydrogen-bond acceptors (Lipinski definition) is 2. The SMILES string of the molecule is CCn1cc(C#Cc2[nH]ccc(=S)c2Cl)cn1. The van der Waals surface area contributed by atoms with Gasteiger partial charge in [-0.15, -0.1) is 0 Å². The third-order valence-electron chi connectivity index (χ3n) is 2.19. The molecule has 0 aliphatic carbocycles. The highest BCUT2D eigenvalue weighted by Gasteiger charge is 1.98. The van der Waals surface area contributed by atoms with E-state index in [1.165, 1.54) is 0 Å². The number of aromatic amines is 1. The molecule has 0 aliphatic rings. The molecule has 0 aromatic carbocycles. The maximum Gasteiger partial charge on any atom is 0.110 e. The van der Waals surface area contributed by atoms with Crippen LogP contribution in [0.3, 0.4) is 0 Å². The molecule has 1 N–H and O–H groups in total. The number of nitrogens with one attached hydrogen (secondary N) is 1. The first-order valence-electron chi connectivity index (χ1n) is 5.12. The van der Waals surface area contributed by atoms with Crippen molar-refractivity contribution in [2.24, 2.45) is 0 Å². The van der Waals surface area contributed by atoms with E-state index in [1.807, 2.05) is 17.8 Å². The second-order valence-corrected chi connectivity index (χ2v) is 4.18. The minimum atomic E-state index is 0.484. The molecule has 0 bridgehead atoms. The second-order valence-electron chi connectivity index (χ2n) is 3.37. The van der Waals surface area contributed by atoms with E-state index in [9.17, 15) is 0 Å². The van der Waals surface area contributed by atoms with Gasteiger partial charge in [-0.3, -0.25) is 4.68 Å². The van der Waals surface area contributed by atoms with E-state index in [0.717, 1.165) is 12.1 Å². The Morgan fingerprint density at radius 3 is 3.06 bits per heavy atom. The van der Waals surface area contributed by atoms with Crippen molar-refractivity contribution in [2.45, 2.75) is 13.5 Å². The summed E-state index contributed by atoms with van der Waals surface area (Å²) in [5.41, 5.74) is 1.48. The predicted octanol–water partition coefficient (Wildman–Crippen LogP) is 3.01. The average Bonchev–Trinajstić information content (AvgIpc) is 2.79. The number of pyridine rings is 1. The Labute approximate surface area is 109 Å². The third kappa shape index (κ3) is 2.76. The number of nitrogens with zero attached hydrogens (tertiary/aromatic N) is 2. The van der Waals surface area contributed by atoms with E-state index in [4.69, 9.17) is 23.8 Å². The Bertz CT molecular complexity index is 646. The van der Waals surface area contributed by atoms with Crippen LogP contribution in [0.2, 0.25) is 5.02 Å².